The topological polar surface area (TPSA) is 20.2 Å². The molecule has 0 radical (unpaired) electrons. The van der Waals surface area contributed by atoms with Gasteiger partial charge in [0.25, 0.3) is 0 Å². The molecule has 0 aromatic carbocycles. The van der Waals surface area contributed by atoms with Gasteiger partial charge in [-0.05, 0) is 85.4 Å². The van der Waals surface area contributed by atoms with E-state index < -0.39 is 0 Å². The number of hydrogen-bond donors (Lipinski definition) is 1. The first-order valence-corrected chi connectivity index (χ1v) is 13.1. The Morgan fingerprint density at radius 3 is 2.32 bits per heavy atom. The monoisotopic (exact) mass is 422 g/mol. The number of aliphatic hydroxyl groups is 1. The van der Waals surface area contributed by atoms with Crippen LogP contribution in [0.4, 0.5) is 0 Å². The van der Waals surface area contributed by atoms with Gasteiger partial charge in [0.2, 0.25) is 0 Å². The Morgan fingerprint density at radius 2 is 1.61 bits per heavy atom. The van der Waals surface area contributed by atoms with Crippen LogP contribution in [-0.2, 0) is 0 Å². The lowest BCUT2D eigenvalue weighted by molar-refractivity contribution is -0.149. The first-order valence-electron chi connectivity index (χ1n) is 13.1. The minimum Gasteiger partial charge on any atom is -0.388 e. The van der Waals surface area contributed by atoms with Crippen molar-refractivity contribution in [2.24, 2.45) is 50.7 Å². The Balaban J connectivity index is 1.63. The highest BCUT2D eigenvalue weighted by Gasteiger charge is 2.65. The van der Waals surface area contributed by atoms with Gasteiger partial charge in [-0.1, -0.05) is 83.9 Å². The zero-order chi connectivity index (χ0) is 22.6. The summed E-state index contributed by atoms with van der Waals surface area (Å²) in [5.74, 6) is 3.33. The molecule has 0 heterocycles. The molecular weight excluding hydrogens is 376 g/mol. The normalized spacial score (nSPS) is 55.2. The highest BCUT2D eigenvalue weighted by molar-refractivity contribution is 5.50. The second-order valence-electron chi connectivity index (χ2n) is 13.8. The van der Waals surface area contributed by atoms with Crippen LogP contribution < -0.4 is 0 Å². The summed E-state index contributed by atoms with van der Waals surface area (Å²) in [5, 5.41) is 10.8. The van der Waals surface area contributed by atoms with Crippen LogP contribution in [0.2, 0.25) is 0 Å². The number of allylic oxidation sites excluding steroid dienone is 4. The summed E-state index contributed by atoms with van der Waals surface area (Å²) in [5.41, 5.74) is 3.96. The minimum atomic E-state index is -0.385. The van der Waals surface area contributed by atoms with Crippen molar-refractivity contribution in [2.75, 3.05) is 0 Å². The van der Waals surface area contributed by atoms with E-state index in [1.807, 2.05) is 0 Å². The molecule has 0 spiro atoms. The molecule has 9 atom stereocenters. The second-order valence-corrected chi connectivity index (χ2v) is 13.8. The molecule has 5 rings (SSSR count). The van der Waals surface area contributed by atoms with Crippen LogP contribution in [0, 0.1) is 50.7 Å². The van der Waals surface area contributed by atoms with Gasteiger partial charge in [-0.3, -0.25) is 0 Å². The Bertz CT molecular complexity index is 875. The van der Waals surface area contributed by atoms with E-state index in [1.54, 1.807) is 5.57 Å². The fourth-order valence-corrected chi connectivity index (χ4v) is 9.70. The summed E-state index contributed by atoms with van der Waals surface area (Å²) in [4.78, 5) is 0. The number of rotatable bonds is 0. The maximum Gasteiger partial charge on any atom is 0.0809 e. The third-order valence-electron chi connectivity index (χ3n) is 12.2. The molecule has 172 valence electrons. The van der Waals surface area contributed by atoms with Crippen LogP contribution in [0.5, 0.6) is 0 Å². The fraction of sp³-hybridized carbons (Fsp3) is 0.800. The summed E-state index contributed by atoms with van der Waals surface area (Å²) in [6.07, 6.45) is 17.3. The van der Waals surface area contributed by atoms with Crippen molar-refractivity contribution in [3.63, 3.8) is 0 Å². The zero-order valence-corrected chi connectivity index (χ0v) is 21.4. The molecule has 5 aliphatic rings. The van der Waals surface area contributed by atoms with E-state index in [1.165, 1.54) is 37.7 Å². The van der Waals surface area contributed by atoms with Crippen LogP contribution >= 0.6 is 0 Å². The first-order chi connectivity index (χ1) is 14.3. The molecular formula is C30H46O. The van der Waals surface area contributed by atoms with E-state index in [9.17, 15) is 5.11 Å². The van der Waals surface area contributed by atoms with Crippen molar-refractivity contribution < 1.29 is 5.11 Å². The third kappa shape index (κ3) is 2.54. The molecule has 0 saturated heterocycles. The van der Waals surface area contributed by atoms with Crippen molar-refractivity contribution in [3.8, 4) is 0 Å². The Kier molecular flexibility index (Phi) is 4.54. The molecule has 2 saturated carbocycles. The van der Waals surface area contributed by atoms with Crippen LogP contribution in [0.3, 0.4) is 0 Å². The summed E-state index contributed by atoms with van der Waals surface area (Å²) >= 11 is 0. The van der Waals surface area contributed by atoms with Gasteiger partial charge in [-0.15, -0.1) is 0 Å². The summed E-state index contributed by atoms with van der Waals surface area (Å²) in [6, 6.07) is 0. The fourth-order valence-electron chi connectivity index (χ4n) is 9.70. The van der Waals surface area contributed by atoms with E-state index in [0.717, 1.165) is 30.1 Å². The third-order valence-corrected chi connectivity index (χ3v) is 12.2. The van der Waals surface area contributed by atoms with Crippen LogP contribution in [0.25, 0.3) is 0 Å². The van der Waals surface area contributed by atoms with Crippen molar-refractivity contribution in [1.82, 2.24) is 0 Å². The van der Waals surface area contributed by atoms with Gasteiger partial charge < -0.3 is 5.11 Å². The average Bonchev–Trinajstić information content (AvgIpc) is 2.69. The molecule has 1 nitrogen and oxygen atoms in total. The molecule has 1 unspecified atom stereocenters. The average molecular weight is 423 g/mol. The number of fused-ring (bicyclic) bond motifs is 7. The quantitative estimate of drug-likeness (QED) is 0.396. The van der Waals surface area contributed by atoms with Gasteiger partial charge in [0.15, 0.2) is 0 Å². The molecule has 0 aromatic rings. The van der Waals surface area contributed by atoms with Crippen LogP contribution in [-0.4, -0.2) is 11.2 Å². The van der Waals surface area contributed by atoms with E-state index in [2.05, 4.69) is 79.7 Å². The van der Waals surface area contributed by atoms with Gasteiger partial charge >= 0.3 is 0 Å². The predicted octanol–water partition coefficient (Wildman–Crippen LogP) is 7.72. The standard InChI is InChI=1S/C30H46O/c1-19-11-14-27(5)17-18-29(7)21(25(27)20(19)2)9-10-23-28(6)15-13-24(31)26(3,4)22(28)12-16-30(23,29)8/h10,12-13,15,19-21,24-25,31H,9,11,14,16-18H2,1-8H3/t19-,20+,21-,24?,25+,27-,28+,29-,30-/m1/s1. The zero-order valence-electron chi connectivity index (χ0n) is 21.4. The SMILES string of the molecule is C[C@@H]1[C@H]2[C@H]3CC=C4[C@@]5(C)C=CC(O)C(C)(C)C5=CC[C@@]4(C)[C@]3(C)CC[C@@]2(C)CC[C@H]1C. The lowest BCUT2D eigenvalue weighted by Crippen LogP contribution is -2.61. The molecule has 0 amide bonds. The summed E-state index contributed by atoms with van der Waals surface area (Å²) < 4.78 is 0. The van der Waals surface area contributed by atoms with Gasteiger partial charge in [-0.25, -0.2) is 0 Å². The van der Waals surface area contributed by atoms with E-state index >= 15 is 0 Å². The number of aliphatic hydroxyl groups excluding tert-OH is 1. The smallest absolute Gasteiger partial charge is 0.0809 e. The van der Waals surface area contributed by atoms with Crippen molar-refractivity contribution >= 4 is 0 Å². The highest BCUT2D eigenvalue weighted by Crippen LogP contribution is 2.73. The van der Waals surface area contributed by atoms with E-state index in [0.29, 0.717) is 10.8 Å². The lowest BCUT2D eigenvalue weighted by atomic mass is 9.35. The van der Waals surface area contributed by atoms with E-state index in [-0.39, 0.29) is 22.3 Å². The highest BCUT2D eigenvalue weighted by atomic mass is 16.3. The van der Waals surface area contributed by atoms with E-state index in [4.69, 9.17) is 0 Å². The molecule has 5 aliphatic carbocycles. The Labute approximate surface area is 191 Å². The molecule has 0 aliphatic heterocycles. The van der Waals surface area contributed by atoms with Gasteiger partial charge in [-0.2, -0.15) is 0 Å². The first kappa shape index (κ1) is 22.0. The Morgan fingerprint density at radius 1 is 0.903 bits per heavy atom. The largest absolute Gasteiger partial charge is 0.388 e. The molecule has 31 heavy (non-hydrogen) atoms. The van der Waals surface area contributed by atoms with Gasteiger partial charge in [0.05, 0.1) is 6.10 Å². The Hall–Kier alpha value is -0.820. The molecule has 1 heteroatoms. The molecule has 0 aromatic heterocycles. The van der Waals surface area contributed by atoms with Crippen molar-refractivity contribution in [1.29, 1.82) is 0 Å². The molecule has 0 bridgehead atoms. The summed E-state index contributed by atoms with van der Waals surface area (Å²) in [7, 11) is 0. The maximum absolute atomic E-state index is 10.8. The van der Waals surface area contributed by atoms with Crippen molar-refractivity contribution in [3.05, 3.63) is 35.5 Å². The maximum atomic E-state index is 10.8. The lowest BCUT2D eigenvalue weighted by Gasteiger charge is -2.69. The minimum absolute atomic E-state index is 0.0457. The van der Waals surface area contributed by atoms with Crippen LogP contribution in [0.1, 0.15) is 93.9 Å². The number of hydrogen-bond acceptors (Lipinski definition) is 1. The van der Waals surface area contributed by atoms with Gasteiger partial charge in [0, 0.05) is 10.8 Å². The van der Waals surface area contributed by atoms with Crippen LogP contribution in [0.15, 0.2) is 35.5 Å². The second kappa shape index (κ2) is 6.40. The molecule has 1 N–H and O–H groups in total. The molecule has 2 fully saturated rings. The predicted molar refractivity (Wildman–Crippen MR) is 131 cm³/mol. The van der Waals surface area contributed by atoms with Gasteiger partial charge in [0.1, 0.15) is 0 Å². The summed E-state index contributed by atoms with van der Waals surface area (Å²) in [6.45, 7) is 19.9. The van der Waals surface area contributed by atoms with Crippen molar-refractivity contribution in [2.45, 2.75) is 100 Å².